The molecule has 14 heteroatoms. The number of hydrogen-bond donors (Lipinski definition) is 3. The SMILES string of the molecule is CC(C(=O)Nc1ccc(S(N)(=O)=O)cc1)N1C(=O)C2C3CC(C2C1=O)C1C(c2cccnc2)c2sc(=O)[nH]c2SC31. The number of pyridine rings is 1. The summed E-state index contributed by atoms with van der Waals surface area (Å²) in [6.07, 6.45) is 4.26. The zero-order valence-corrected chi connectivity index (χ0v) is 24.0. The Hall–Kier alpha value is -3.33. The first-order valence-electron chi connectivity index (χ1n) is 13.1. The number of primary sulfonamides is 1. The molecule has 8 atom stereocenters. The number of amides is 3. The minimum Gasteiger partial charge on any atom is -0.324 e. The van der Waals surface area contributed by atoms with E-state index in [0.29, 0.717) is 5.69 Å². The molecule has 3 aromatic rings. The lowest BCUT2D eigenvalue weighted by molar-refractivity contribution is -0.146. The van der Waals surface area contributed by atoms with Gasteiger partial charge < -0.3 is 10.3 Å². The number of fused-ring (bicyclic) bond motifs is 9. The van der Waals surface area contributed by atoms with E-state index < -0.39 is 33.8 Å². The number of nitrogens with one attached hydrogen (secondary N) is 2. The van der Waals surface area contributed by atoms with Crippen LogP contribution in [-0.4, -0.2) is 52.3 Å². The molecule has 1 aromatic carbocycles. The molecule has 2 aromatic heterocycles. The number of thioether (sulfide) groups is 1. The number of thiazole rings is 1. The Bertz CT molecular complexity index is 1760. The monoisotopic (exact) mass is 611 g/mol. The Morgan fingerprint density at radius 3 is 2.49 bits per heavy atom. The molecule has 4 aliphatic rings. The lowest BCUT2D eigenvalue weighted by Gasteiger charge is -2.42. The van der Waals surface area contributed by atoms with Gasteiger partial charge in [-0.05, 0) is 67.0 Å². The summed E-state index contributed by atoms with van der Waals surface area (Å²) in [4.78, 5) is 62.3. The number of aromatic nitrogens is 2. The maximum absolute atomic E-state index is 13.9. The van der Waals surface area contributed by atoms with E-state index in [1.54, 1.807) is 18.0 Å². The number of sulfonamides is 1. The van der Waals surface area contributed by atoms with Crippen LogP contribution in [0.4, 0.5) is 5.69 Å². The van der Waals surface area contributed by atoms with Gasteiger partial charge in [0.2, 0.25) is 27.7 Å². The summed E-state index contributed by atoms with van der Waals surface area (Å²) in [7, 11) is -3.88. The van der Waals surface area contributed by atoms with E-state index in [2.05, 4.69) is 15.3 Å². The van der Waals surface area contributed by atoms with Crippen LogP contribution in [0.3, 0.4) is 0 Å². The number of benzene rings is 1. The highest BCUT2D eigenvalue weighted by Gasteiger charge is 2.70. The first-order valence-corrected chi connectivity index (χ1v) is 16.4. The molecule has 2 aliphatic heterocycles. The fourth-order valence-corrected chi connectivity index (χ4v) is 10.9. The van der Waals surface area contributed by atoms with Gasteiger partial charge in [0.25, 0.3) is 0 Å². The summed E-state index contributed by atoms with van der Waals surface area (Å²) in [5.41, 5.74) is 1.30. The topological polar surface area (TPSA) is 172 Å². The highest BCUT2D eigenvalue weighted by Crippen LogP contribution is 2.68. The summed E-state index contributed by atoms with van der Waals surface area (Å²) in [5, 5.41) is 8.68. The van der Waals surface area contributed by atoms with Crippen molar-refractivity contribution in [2.45, 2.75) is 40.5 Å². The standard InChI is InChI=1S/C27H25N5O6S3/c1-11(23(33)30-13-4-6-14(7-5-13)41(28,37)38)32-25(34)19-15-9-16(20(19)26(32)35)21-18(15)17(12-3-2-8-29-10-12)22-24(39-21)31-27(36)40-22/h2-8,10-11,15-21H,9H2,1H3,(H,30,33)(H,31,36)(H2,28,37,38). The molecule has 8 unspecified atom stereocenters. The third-order valence-corrected chi connectivity index (χ3v) is 12.5. The van der Waals surface area contributed by atoms with Crippen LogP contribution in [0.15, 0.2) is 63.5 Å². The van der Waals surface area contributed by atoms with Crippen molar-refractivity contribution in [3.05, 3.63) is 68.9 Å². The van der Waals surface area contributed by atoms with E-state index in [4.69, 9.17) is 5.14 Å². The first kappa shape index (κ1) is 26.6. The first-order chi connectivity index (χ1) is 19.5. The number of likely N-dealkylation sites (tertiary alicyclic amines) is 1. The second kappa shape index (κ2) is 9.34. The van der Waals surface area contributed by atoms with Crippen LogP contribution in [0.2, 0.25) is 0 Å². The Morgan fingerprint density at radius 2 is 1.83 bits per heavy atom. The molecule has 0 radical (unpaired) electrons. The number of hydrogen-bond acceptors (Lipinski definition) is 9. The van der Waals surface area contributed by atoms with Crippen molar-refractivity contribution in [2.75, 3.05) is 5.32 Å². The molecule has 2 saturated carbocycles. The highest BCUT2D eigenvalue weighted by molar-refractivity contribution is 8.00. The van der Waals surface area contributed by atoms with Gasteiger partial charge >= 0.3 is 4.87 Å². The molecular weight excluding hydrogens is 587 g/mol. The van der Waals surface area contributed by atoms with Crippen LogP contribution in [0.25, 0.3) is 0 Å². The van der Waals surface area contributed by atoms with Crippen molar-refractivity contribution in [1.82, 2.24) is 14.9 Å². The summed E-state index contributed by atoms with van der Waals surface area (Å²) in [5.74, 6) is -2.43. The van der Waals surface area contributed by atoms with Crippen molar-refractivity contribution in [2.24, 2.45) is 34.7 Å². The number of H-pyrrole nitrogens is 1. The third-order valence-electron chi connectivity index (χ3n) is 9.02. The van der Waals surface area contributed by atoms with Crippen LogP contribution in [-0.2, 0) is 24.4 Å². The number of imide groups is 1. The minimum absolute atomic E-state index is 0.0439. The van der Waals surface area contributed by atoms with Crippen molar-refractivity contribution in [3.8, 4) is 0 Å². The van der Waals surface area contributed by atoms with Crippen molar-refractivity contribution in [1.29, 1.82) is 0 Å². The van der Waals surface area contributed by atoms with E-state index in [1.807, 2.05) is 18.3 Å². The summed E-state index contributed by atoms with van der Waals surface area (Å²) >= 11 is 2.80. The zero-order chi connectivity index (χ0) is 28.8. The van der Waals surface area contributed by atoms with Crippen molar-refractivity contribution in [3.63, 3.8) is 0 Å². The van der Waals surface area contributed by atoms with E-state index in [-0.39, 0.29) is 50.5 Å². The molecule has 1 saturated heterocycles. The largest absolute Gasteiger partial charge is 0.324 e. The molecule has 3 amide bonds. The number of nitrogens with zero attached hydrogens (tertiary/aromatic N) is 2. The maximum atomic E-state index is 13.9. The summed E-state index contributed by atoms with van der Waals surface area (Å²) in [6, 6.07) is 8.15. The maximum Gasteiger partial charge on any atom is 0.305 e. The number of carbonyl (C=O) groups is 3. The molecule has 11 nitrogen and oxygen atoms in total. The average molecular weight is 612 g/mol. The molecule has 3 fully saturated rings. The molecule has 41 heavy (non-hydrogen) atoms. The van der Waals surface area contributed by atoms with Crippen molar-refractivity contribution >= 4 is 56.5 Å². The van der Waals surface area contributed by atoms with E-state index in [1.165, 1.54) is 42.5 Å². The average Bonchev–Trinajstić information content (AvgIpc) is 3.67. The molecule has 7 rings (SSSR count). The predicted octanol–water partition coefficient (Wildman–Crippen LogP) is 1.98. The fraction of sp³-hybridized carbons (Fsp3) is 0.370. The summed E-state index contributed by atoms with van der Waals surface area (Å²) in [6.45, 7) is 1.52. The Balaban J connectivity index is 1.16. The second-order valence-corrected chi connectivity index (χ2v) is 14.8. The molecular formula is C27H25N5O6S3. The Labute approximate surface area is 243 Å². The van der Waals surface area contributed by atoms with E-state index >= 15 is 0 Å². The quantitative estimate of drug-likeness (QED) is 0.368. The van der Waals surface area contributed by atoms with Crippen LogP contribution >= 0.6 is 23.1 Å². The minimum atomic E-state index is -3.88. The normalized spacial score (nSPS) is 30.6. The van der Waals surface area contributed by atoms with Crippen LogP contribution in [0.5, 0.6) is 0 Å². The lowest BCUT2D eigenvalue weighted by Crippen LogP contribution is -2.46. The van der Waals surface area contributed by atoms with Crippen molar-refractivity contribution < 1.29 is 22.8 Å². The molecule has 2 bridgehead atoms. The number of carbonyl (C=O) groups excluding carboxylic acids is 3. The van der Waals surface area contributed by atoms with E-state index in [9.17, 15) is 27.6 Å². The Kier molecular flexibility index (Phi) is 6.05. The molecule has 4 N–H and O–H groups in total. The van der Waals surface area contributed by atoms with Gasteiger partial charge in [0.05, 0.1) is 21.8 Å². The van der Waals surface area contributed by atoms with Crippen LogP contribution < -0.4 is 15.3 Å². The van der Waals surface area contributed by atoms with Gasteiger partial charge in [-0.15, -0.1) is 11.8 Å². The van der Waals surface area contributed by atoms with Crippen LogP contribution in [0.1, 0.15) is 29.7 Å². The van der Waals surface area contributed by atoms with Gasteiger partial charge in [-0.2, -0.15) is 0 Å². The van der Waals surface area contributed by atoms with Gasteiger partial charge in [0.15, 0.2) is 0 Å². The second-order valence-electron chi connectivity index (χ2n) is 11.0. The molecule has 0 spiro atoms. The van der Waals surface area contributed by atoms with Gasteiger partial charge in [-0.1, -0.05) is 17.4 Å². The molecule has 212 valence electrons. The highest BCUT2D eigenvalue weighted by atomic mass is 32.2. The zero-order valence-electron chi connectivity index (χ0n) is 21.6. The number of nitrogens with two attached hydrogens (primary N) is 1. The Morgan fingerprint density at radius 1 is 1.12 bits per heavy atom. The third kappa shape index (κ3) is 4.02. The van der Waals surface area contributed by atoms with E-state index in [0.717, 1.165) is 26.8 Å². The number of rotatable bonds is 5. The summed E-state index contributed by atoms with van der Waals surface area (Å²) < 4.78 is 23.0. The van der Waals surface area contributed by atoms with Gasteiger partial charge in [0, 0.05) is 34.1 Å². The van der Waals surface area contributed by atoms with Gasteiger partial charge in [-0.3, -0.25) is 29.1 Å². The van der Waals surface area contributed by atoms with Crippen LogP contribution in [0, 0.1) is 29.6 Å². The predicted molar refractivity (Wildman–Crippen MR) is 150 cm³/mol. The van der Waals surface area contributed by atoms with Gasteiger partial charge in [0.1, 0.15) is 6.04 Å². The fourth-order valence-electron chi connectivity index (χ4n) is 7.45. The number of anilines is 1. The molecule has 2 aliphatic carbocycles. The van der Waals surface area contributed by atoms with Gasteiger partial charge in [-0.25, -0.2) is 13.6 Å². The number of aromatic amines is 1. The lowest BCUT2D eigenvalue weighted by atomic mass is 9.68. The smallest absolute Gasteiger partial charge is 0.305 e. The molecule has 4 heterocycles.